The summed E-state index contributed by atoms with van der Waals surface area (Å²) < 4.78 is 10.8. The van der Waals surface area contributed by atoms with E-state index in [0.29, 0.717) is 48.2 Å². The molecule has 1 unspecified atom stereocenters. The van der Waals surface area contributed by atoms with Gasteiger partial charge in [0.2, 0.25) is 0 Å². The van der Waals surface area contributed by atoms with Crippen molar-refractivity contribution in [1.29, 1.82) is 0 Å². The number of methoxy groups -OCH3 is 1. The average Bonchev–Trinajstić information content (AvgIpc) is 3.37. The predicted molar refractivity (Wildman–Crippen MR) is 132 cm³/mol. The molecule has 1 aromatic carbocycles. The number of aromatic nitrogens is 1. The monoisotopic (exact) mass is 497 g/mol. The molecule has 0 bridgehead atoms. The number of amidine groups is 1. The summed E-state index contributed by atoms with van der Waals surface area (Å²) in [5.41, 5.74) is 8.23. The third kappa shape index (κ3) is 5.34. The van der Waals surface area contributed by atoms with Gasteiger partial charge in [-0.2, -0.15) is 0 Å². The Morgan fingerprint density at radius 2 is 2.03 bits per heavy atom. The van der Waals surface area contributed by atoms with Crippen LogP contribution in [0.15, 0.2) is 35.4 Å². The van der Waals surface area contributed by atoms with E-state index in [0.717, 1.165) is 11.1 Å². The maximum Gasteiger partial charge on any atom is 0.410 e. The fourth-order valence-corrected chi connectivity index (χ4v) is 4.00. The predicted octanol–water partition coefficient (Wildman–Crippen LogP) is 1.61. The number of anilines is 1. The van der Waals surface area contributed by atoms with Crippen molar-refractivity contribution in [2.45, 2.75) is 45.9 Å². The lowest BCUT2D eigenvalue weighted by Crippen LogP contribution is -2.48. The van der Waals surface area contributed by atoms with Crippen LogP contribution in [-0.2, 0) is 17.7 Å². The number of aliphatic hydroxyl groups is 1. The SMILES string of the molecule is COc1cc2c(cc1C(=O)Nc1cccc(C3=NNNN3C(C)CO)n1)CN(C(=O)OC(C)C)CC2. The standard InChI is InChI=1S/C24H31N7O5/c1-14(2)36-24(34)30-9-8-16-11-20(35-4)18(10-17(16)12-30)23(33)26-21-7-5-6-19(25-21)22-27-28-29-31(22)15(3)13-32/h5-7,10-11,14-15,28-29,32H,8-9,12-13H2,1-4H3,(H,25,26,33). The maximum absolute atomic E-state index is 13.3. The van der Waals surface area contributed by atoms with Crippen LogP contribution in [0.4, 0.5) is 10.6 Å². The van der Waals surface area contributed by atoms with Gasteiger partial charge in [0.15, 0.2) is 5.84 Å². The van der Waals surface area contributed by atoms with Crippen molar-refractivity contribution in [3.05, 3.63) is 52.7 Å². The first kappa shape index (κ1) is 25.2. The summed E-state index contributed by atoms with van der Waals surface area (Å²) in [6.07, 6.45) is 0.0547. The molecule has 0 fully saturated rings. The van der Waals surface area contributed by atoms with Gasteiger partial charge in [-0.3, -0.25) is 9.80 Å². The fraction of sp³-hybridized carbons (Fsp3) is 0.417. The number of fused-ring (bicyclic) bond motifs is 1. The van der Waals surface area contributed by atoms with Crippen LogP contribution in [-0.4, -0.2) is 70.2 Å². The third-order valence-electron chi connectivity index (χ3n) is 5.86. The van der Waals surface area contributed by atoms with Gasteiger partial charge in [-0.05, 0) is 62.6 Å². The second kappa shape index (κ2) is 10.8. The number of hydrogen-bond acceptors (Lipinski definition) is 10. The molecule has 36 heavy (non-hydrogen) atoms. The highest BCUT2D eigenvalue weighted by Gasteiger charge is 2.27. The Morgan fingerprint density at radius 3 is 2.75 bits per heavy atom. The van der Waals surface area contributed by atoms with Crippen molar-refractivity contribution in [3.8, 4) is 5.75 Å². The summed E-state index contributed by atoms with van der Waals surface area (Å²) in [5, 5.41) is 18.2. The second-order valence-electron chi connectivity index (χ2n) is 8.85. The molecule has 4 N–H and O–H groups in total. The Kier molecular flexibility index (Phi) is 7.55. The van der Waals surface area contributed by atoms with E-state index in [2.05, 4.69) is 26.5 Å². The van der Waals surface area contributed by atoms with Gasteiger partial charge in [-0.25, -0.2) is 15.3 Å². The van der Waals surface area contributed by atoms with E-state index in [-0.39, 0.29) is 24.8 Å². The number of benzene rings is 1. The van der Waals surface area contributed by atoms with Crippen molar-refractivity contribution in [2.75, 3.05) is 25.6 Å². The number of ether oxygens (including phenoxy) is 2. The van der Waals surface area contributed by atoms with Gasteiger partial charge in [0, 0.05) is 13.1 Å². The third-order valence-corrected chi connectivity index (χ3v) is 5.86. The van der Waals surface area contributed by atoms with Crippen LogP contribution in [0.2, 0.25) is 0 Å². The molecule has 1 aromatic heterocycles. The zero-order valence-electron chi connectivity index (χ0n) is 20.7. The van der Waals surface area contributed by atoms with E-state index in [1.54, 1.807) is 34.2 Å². The normalized spacial score (nSPS) is 15.7. The molecule has 2 aromatic rings. The highest BCUT2D eigenvalue weighted by atomic mass is 16.6. The van der Waals surface area contributed by atoms with E-state index >= 15 is 0 Å². The van der Waals surface area contributed by atoms with Crippen molar-refractivity contribution < 1.29 is 24.2 Å². The molecular formula is C24H31N7O5. The quantitative estimate of drug-likeness (QED) is 0.449. The average molecular weight is 498 g/mol. The highest BCUT2D eigenvalue weighted by Crippen LogP contribution is 2.29. The van der Waals surface area contributed by atoms with E-state index in [9.17, 15) is 14.7 Å². The largest absolute Gasteiger partial charge is 0.496 e. The molecular weight excluding hydrogens is 466 g/mol. The number of hydrazone groups is 1. The number of nitrogens with one attached hydrogen (secondary N) is 3. The van der Waals surface area contributed by atoms with Crippen LogP contribution >= 0.6 is 0 Å². The summed E-state index contributed by atoms with van der Waals surface area (Å²) in [6.45, 7) is 6.23. The zero-order valence-corrected chi connectivity index (χ0v) is 20.7. The molecule has 2 aliphatic heterocycles. The molecule has 12 heteroatoms. The summed E-state index contributed by atoms with van der Waals surface area (Å²) in [6, 6.07) is 8.52. The Balaban J connectivity index is 1.54. The molecule has 0 aliphatic carbocycles. The first-order chi connectivity index (χ1) is 17.3. The van der Waals surface area contributed by atoms with Crippen LogP contribution in [0.25, 0.3) is 0 Å². The van der Waals surface area contributed by atoms with E-state index in [1.807, 2.05) is 26.8 Å². The number of nitrogens with zero attached hydrogens (tertiary/aromatic N) is 4. The number of rotatable bonds is 7. The second-order valence-corrected chi connectivity index (χ2v) is 8.85. The number of carbonyl (C=O) groups excluding carboxylic acids is 2. The lowest BCUT2D eigenvalue weighted by Gasteiger charge is -2.29. The molecule has 2 aliphatic rings. The van der Waals surface area contributed by atoms with Crippen LogP contribution in [0, 0.1) is 0 Å². The summed E-state index contributed by atoms with van der Waals surface area (Å²) in [7, 11) is 1.52. The molecule has 0 saturated carbocycles. The minimum Gasteiger partial charge on any atom is -0.496 e. The molecule has 0 spiro atoms. The van der Waals surface area contributed by atoms with Crippen molar-refractivity contribution in [3.63, 3.8) is 0 Å². The number of amides is 2. The van der Waals surface area contributed by atoms with Gasteiger partial charge in [-0.15, -0.1) is 10.6 Å². The maximum atomic E-state index is 13.3. The minimum atomic E-state index is -0.397. The Bertz CT molecular complexity index is 1170. The van der Waals surface area contributed by atoms with Crippen LogP contribution < -0.4 is 21.1 Å². The van der Waals surface area contributed by atoms with Gasteiger partial charge < -0.3 is 24.8 Å². The first-order valence-corrected chi connectivity index (χ1v) is 11.7. The molecule has 1 atom stereocenters. The number of pyridine rings is 1. The summed E-state index contributed by atoms with van der Waals surface area (Å²) in [5.74, 6) is 0.849. The van der Waals surface area contributed by atoms with Gasteiger partial charge in [0.25, 0.3) is 5.91 Å². The summed E-state index contributed by atoms with van der Waals surface area (Å²) in [4.78, 5) is 31.8. The minimum absolute atomic E-state index is 0.0884. The lowest BCUT2D eigenvalue weighted by molar-refractivity contribution is 0.0730. The number of aliphatic hydroxyl groups excluding tert-OH is 1. The number of carbonyl (C=O) groups is 2. The lowest BCUT2D eigenvalue weighted by atomic mass is 9.96. The number of hydrazine groups is 2. The fourth-order valence-electron chi connectivity index (χ4n) is 4.00. The van der Waals surface area contributed by atoms with E-state index in [4.69, 9.17) is 9.47 Å². The van der Waals surface area contributed by atoms with Crippen molar-refractivity contribution in [2.24, 2.45) is 5.10 Å². The Morgan fingerprint density at radius 1 is 1.22 bits per heavy atom. The Hall–Kier alpha value is -3.90. The van der Waals surface area contributed by atoms with Gasteiger partial charge in [-0.1, -0.05) is 6.07 Å². The molecule has 0 saturated heterocycles. The topological polar surface area (TPSA) is 141 Å². The Labute approximate surface area is 209 Å². The molecule has 0 radical (unpaired) electrons. The van der Waals surface area contributed by atoms with Gasteiger partial charge in [0.1, 0.15) is 17.3 Å². The summed E-state index contributed by atoms with van der Waals surface area (Å²) >= 11 is 0. The molecule has 3 heterocycles. The van der Waals surface area contributed by atoms with Crippen LogP contribution in [0.3, 0.4) is 0 Å². The zero-order chi connectivity index (χ0) is 25.8. The smallest absolute Gasteiger partial charge is 0.410 e. The van der Waals surface area contributed by atoms with Crippen molar-refractivity contribution in [1.82, 2.24) is 26.0 Å². The molecule has 12 nitrogen and oxygen atoms in total. The van der Waals surface area contributed by atoms with Crippen LogP contribution in [0.1, 0.15) is 48.0 Å². The van der Waals surface area contributed by atoms with E-state index in [1.165, 1.54) is 7.11 Å². The highest BCUT2D eigenvalue weighted by molar-refractivity contribution is 6.06. The molecule has 2 amide bonds. The van der Waals surface area contributed by atoms with Gasteiger partial charge >= 0.3 is 6.09 Å². The van der Waals surface area contributed by atoms with Crippen LogP contribution in [0.5, 0.6) is 5.75 Å². The number of hydrogen-bond donors (Lipinski definition) is 4. The first-order valence-electron chi connectivity index (χ1n) is 11.7. The van der Waals surface area contributed by atoms with Gasteiger partial charge in [0.05, 0.1) is 31.4 Å². The van der Waals surface area contributed by atoms with E-state index < -0.39 is 5.91 Å². The van der Waals surface area contributed by atoms with Crippen molar-refractivity contribution >= 4 is 23.7 Å². The molecule has 4 rings (SSSR count). The molecule has 192 valence electrons.